The van der Waals surface area contributed by atoms with Gasteiger partial charge < -0.3 is 4.74 Å². The molecule has 0 unspecified atom stereocenters. The van der Waals surface area contributed by atoms with Gasteiger partial charge in [-0.15, -0.1) is 0 Å². The number of ether oxygens (including phenoxy) is 1. The number of rotatable bonds is 7. The van der Waals surface area contributed by atoms with Gasteiger partial charge >= 0.3 is 0 Å². The Labute approximate surface area is 141 Å². The van der Waals surface area contributed by atoms with Gasteiger partial charge in [0.25, 0.3) is 0 Å². The van der Waals surface area contributed by atoms with Crippen LogP contribution in [0.1, 0.15) is 62.0 Å². The normalized spacial score (nSPS) is 24.8. The van der Waals surface area contributed by atoms with E-state index in [0.717, 1.165) is 49.9 Å². The highest BCUT2D eigenvalue weighted by atomic mass is 16.5. The fraction of sp³-hybridized carbons (Fsp3) is 0.750. The third-order valence-electron chi connectivity index (χ3n) is 4.95. The number of nitrogens with one attached hydrogen (secondary N) is 1. The number of likely N-dealkylation sites (tertiary alicyclic amines) is 1. The first-order chi connectivity index (χ1) is 11.8. The molecule has 8 nitrogen and oxygen atoms in total. The lowest BCUT2D eigenvalue weighted by molar-refractivity contribution is 0.106. The Morgan fingerprint density at radius 3 is 3.00 bits per heavy atom. The van der Waals surface area contributed by atoms with Gasteiger partial charge in [-0.2, -0.15) is 10.2 Å². The first-order valence-electron chi connectivity index (χ1n) is 8.84. The van der Waals surface area contributed by atoms with Gasteiger partial charge in [-0.25, -0.2) is 14.6 Å². The minimum absolute atomic E-state index is 0.196. The number of nitrogens with zero attached hydrogens (tertiary/aromatic N) is 6. The zero-order valence-corrected chi connectivity index (χ0v) is 14.4. The number of aromatic amines is 1. The molecule has 2 aliphatic rings. The van der Waals surface area contributed by atoms with E-state index >= 15 is 0 Å². The molecule has 0 aromatic carbocycles. The van der Waals surface area contributed by atoms with E-state index in [-0.39, 0.29) is 12.1 Å². The molecule has 24 heavy (non-hydrogen) atoms. The molecule has 2 aromatic heterocycles. The van der Waals surface area contributed by atoms with Crippen LogP contribution in [0.2, 0.25) is 0 Å². The molecular weight excluding hydrogens is 306 g/mol. The van der Waals surface area contributed by atoms with Crippen LogP contribution < -0.4 is 0 Å². The predicted molar refractivity (Wildman–Crippen MR) is 87.2 cm³/mol. The first-order valence-corrected chi connectivity index (χ1v) is 8.84. The lowest BCUT2D eigenvalue weighted by atomic mass is 10.2. The van der Waals surface area contributed by atoms with Crippen LogP contribution in [-0.2, 0) is 17.8 Å². The molecule has 0 bridgehead atoms. The molecule has 0 amide bonds. The van der Waals surface area contributed by atoms with Crippen molar-refractivity contribution >= 4 is 0 Å². The van der Waals surface area contributed by atoms with E-state index in [0.29, 0.717) is 5.92 Å². The van der Waals surface area contributed by atoms with Crippen molar-refractivity contribution < 1.29 is 4.74 Å². The van der Waals surface area contributed by atoms with Crippen molar-refractivity contribution in [3.63, 3.8) is 0 Å². The van der Waals surface area contributed by atoms with Gasteiger partial charge in [0.2, 0.25) is 0 Å². The minimum Gasteiger partial charge on any atom is -0.380 e. The highest BCUT2D eigenvalue weighted by Gasteiger charge is 2.37. The van der Waals surface area contributed by atoms with Crippen LogP contribution in [0.15, 0.2) is 6.33 Å². The van der Waals surface area contributed by atoms with Crippen LogP contribution in [0.3, 0.4) is 0 Å². The Bertz CT molecular complexity index is 678. The summed E-state index contributed by atoms with van der Waals surface area (Å²) in [4.78, 5) is 11.6. The van der Waals surface area contributed by atoms with Gasteiger partial charge in [0.05, 0.1) is 18.7 Å². The van der Waals surface area contributed by atoms with Crippen molar-refractivity contribution in [3.8, 4) is 0 Å². The first kappa shape index (κ1) is 15.7. The zero-order chi connectivity index (χ0) is 16.5. The van der Waals surface area contributed by atoms with E-state index in [9.17, 15) is 0 Å². The number of aryl methyl sites for hydroxylation is 1. The largest absolute Gasteiger partial charge is 0.380 e. The molecular formula is C16H25N7O. The van der Waals surface area contributed by atoms with Gasteiger partial charge in [-0.3, -0.25) is 10.00 Å². The van der Waals surface area contributed by atoms with E-state index in [1.54, 1.807) is 13.4 Å². The van der Waals surface area contributed by atoms with Crippen molar-refractivity contribution in [2.24, 2.45) is 0 Å². The molecule has 1 saturated heterocycles. The standard InChI is InChI=1S/C16H25N7O/c1-3-6-23-14(17-10-18-23)9-22-8-12(24-2)7-13(22)16-19-15(20-21-16)11-4-5-11/h10-13H,3-9H2,1-2H3,(H,19,20,21)/t12-,13+/m1/s1. The summed E-state index contributed by atoms with van der Waals surface area (Å²) in [6.07, 6.45) is 6.26. The summed E-state index contributed by atoms with van der Waals surface area (Å²) in [5.74, 6) is 3.49. The lowest BCUT2D eigenvalue weighted by Crippen LogP contribution is -2.27. The summed E-state index contributed by atoms with van der Waals surface area (Å²) < 4.78 is 7.60. The van der Waals surface area contributed by atoms with Gasteiger partial charge in [0, 0.05) is 26.1 Å². The van der Waals surface area contributed by atoms with Crippen molar-refractivity contribution in [1.29, 1.82) is 0 Å². The Morgan fingerprint density at radius 2 is 2.25 bits per heavy atom. The Balaban J connectivity index is 1.53. The average molecular weight is 331 g/mol. The number of H-pyrrole nitrogens is 1. The van der Waals surface area contributed by atoms with Crippen LogP contribution in [0.4, 0.5) is 0 Å². The van der Waals surface area contributed by atoms with E-state index in [2.05, 4.69) is 32.1 Å². The van der Waals surface area contributed by atoms with Gasteiger partial charge in [-0.05, 0) is 25.7 Å². The quantitative estimate of drug-likeness (QED) is 0.830. The molecule has 0 spiro atoms. The number of aromatic nitrogens is 6. The topological polar surface area (TPSA) is 84.8 Å². The summed E-state index contributed by atoms with van der Waals surface area (Å²) in [5, 5.41) is 11.9. The van der Waals surface area contributed by atoms with E-state index < -0.39 is 0 Å². The maximum atomic E-state index is 5.61. The molecule has 1 N–H and O–H groups in total. The second kappa shape index (κ2) is 6.60. The molecule has 2 atom stereocenters. The Hall–Kier alpha value is -1.80. The van der Waals surface area contributed by atoms with Crippen molar-refractivity contribution in [3.05, 3.63) is 23.8 Å². The molecule has 2 fully saturated rings. The molecule has 0 radical (unpaired) electrons. The third kappa shape index (κ3) is 3.08. The maximum Gasteiger partial charge on any atom is 0.153 e. The SMILES string of the molecule is CCCn1ncnc1CN1C[C@H](OC)C[C@H]1c1nc(C2CC2)n[nH]1. The highest BCUT2D eigenvalue weighted by molar-refractivity contribution is 5.09. The fourth-order valence-electron chi connectivity index (χ4n) is 3.44. The predicted octanol–water partition coefficient (Wildman–Crippen LogP) is 1.65. The third-order valence-corrected chi connectivity index (χ3v) is 4.95. The van der Waals surface area contributed by atoms with Crippen LogP contribution in [0.5, 0.6) is 0 Å². The van der Waals surface area contributed by atoms with E-state index in [1.807, 2.05) is 4.68 Å². The Kier molecular flexibility index (Phi) is 4.32. The second-order valence-electron chi connectivity index (χ2n) is 6.79. The van der Waals surface area contributed by atoms with Gasteiger partial charge in [-0.1, -0.05) is 6.92 Å². The smallest absolute Gasteiger partial charge is 0.153 e. The molecule has 1 saturated carbocycles. The molecule has 3 heterocycles. The summed E-state index contributed by atoms with van der Waals surface area (Å²) in [5.41, 5.74) is 0. The summed E-state index contributed by atoms with van der Waals surface area (Å²) in [6, 6.07) is 0.196. The molecule has 8 heteroatoms. The van der Waals surface area contributed by atoms with Crippen molar-refractivity contribution in [2.75, 3.05) is 13.7 Å². The van der Waals surface area contributed by atoms with Gasteiger partial charge in [0.1, 0.15) is 18.0 Å². The zero-order valence-electron chi connectivity index (χ0n) is 14.4. The van der Waals surface area contributed by atoms with Crippen LogP contribution >= 0.6 is 0 Å². The van der Waals surface area contributed by atoms with Crippen LogP contribution in [-0.4, -0.2) is 54.6 Å². The Morgan fingerprint density at radius 1 is 1.38 bits per heavy atom. The average Bonchev–Trinajstić information content (AvgIpc) is 2.99. The number of methoxy groups -OCH3 is 1. The summed E-state index contributed by atoms with van der Waals surface area (Å²) >= 11 is 0. The van der Waals surface area contributed by atoms with Gasteiger partial charge in [0.15, 0.2) is 5.82 Å². The van der Waals surface area contributed by atoms with Crippen LogP contribution in [0.25, 0.3) is 0 Å². The fourth-order valence-corrected chi connectivity index (χ4v) is 3.44. The van der Waals surface area contributed by atoms with Crippen LogP contribution in [0, 0.1) is 0 Å². The maximum absolute atomic E-state index is 5.61. The summed E-state index contributed by atoms with van der Waals surface area (Å²) in [6.45, 7) is 4.68. The number of hydrogen-bond acceptors (Lipinski definition) is 6. The molecule has 1 aliphatic carbocycles. The molecule has 4 rings (SSSR count). The molecule has 1 aliphatic heterocycles. The second-order valence-corrected chi connectivity index (χ2v) is 6.79. The molecule has 2 aromatic rings. The van der Waals surface area contributed by atoms with Crippen molar-refractivity contribution in [1.82, 2.24) is 34.8 Å². The number of hydrogen-bond donors (Lipinski definition) is 1. The van der Waals surface area contributed by atoms with E-state index in [4.69, 9.17) is 9.72 Å². The summed E-state index contributed by atoms with van der Waals surface area (Å²) in [7, 11) is 1.78. The lowest BCUT2D eigenvalue weighted by Gasteiger charge is -2.21. The van der Waals surface area contributed by atoms with E-state index in [1.165, 1.54) is 12.8 Å². The highest BCUT2D eigenvalue weighted by Crippen LogP contribution is 2.39. The minimum atomic E-state index is 0.196. The molecule has 130 valence electrons. The van der Waals surface area contributed by atoms with Crippen molar-refractivity contribution in [2.45, 2.75) is 63.8 Å². The monoisotopic (exact) mass is 331 g/mol.